The Morgan fingerprint density at radius 1 is 1.38 bits per heavy atom. The molecule has 3 N–H and O–H groups in total. The molecule has 1 aliphatic rings. The molecule has 5 heteroatoms. The number of hydrogen-bond donors (Lipinski definition) is 2. The molecule has 1 aliphatic carbocycles. The van der Waals surface area contributed by atoms with Gasteiger partial charge in [0.1, 0.15) is 6.07 Å². The lowest BCUT2D eigenvalue weighted by Crippen LogP contribution is -2.36. The van der Waals surface area contributed by atoms with Gasteiger partial charge in [0, 0.05) is 12.1 Å². The van der Waals surface area contributed by atoms with E-state index < -0.39 is 0 Å². The SMILES string of the molecule is N#Cc1ccc(NC(=O)CC2(CN)CCCCC2)cc1Cl. The number of carbonyl (C=O) groups is 1. The van der Waals surface area contributed by atoms with Crippen LogP contribution in [0.2, 0.25) is 5.02 Å². The Morgan fingerprint density at radius 2 is 2.10 bits per heavy atom. The van der Waals surface area contributed by atoms with Crippen LogP contribution >= 0.6 is 11.6 Å². The van der Waals surface area contributed by atoms with E-state index >= 15 is 0 Å². The summed E-state index contributed by atoms with van der Waals surface area (Å²) in [5, 5.41) is 12.0. The zero-order chi connectivity index (χ0) is 15.3. The molecule has 1 aromatic rings. The zero-order valence-electron chi connectivity index (χ0n) is 12.0. The van der Waals surface area contributed by atoms with Gasteiger partial charge in [0.15, 0.2) is 0 Å². The number of benzene rings is 1. The Hall–Kier alpha value is -1.57. The van der Waals surface area contributed by atoms with Crippen LogP contribution in [0.25, 0.3) is 0 Å². The van der Waals surface area contributed by atoms with Crippen LogP contribution < -0.4 is 11.1 Å². The minimum Gasteiger partial charge on any atom is -0.330 e. The number of halogens is 1. The highest BCUT2D eigenvalue weighted by Crippen LogP contribution is 2.38. The minimum atomic E-state index is -0.0568. The van der Waals surface area contributed by atoms with Crippen molar-refractivity contribution in [3.8, 4) is 6.07 Å². The summed E-state index contributed by atoms with van der Waals surface area (Å²) in [6, 6.07) is 6.90. The first-order chi connectivity index (χ1) is 10.1. The third kappa shape index (κ3) is 3.96. The Morgan fingerprint density at radius 3 is 2.67 bits per heavy atom. The highest BCUT2D eigenvalue weighted by atomic mass is 35.5. The summed E-state index contributed by atoms with van der Waals surface area (Å²) >= 11 is 5.97. The Bertz CT molecular complexity index is 559. The number of rotatable bonds is 4. The molecule has 0 aromatic heterocycles. The molecule has 0 heterocycles. The summed E-state index contributed by atoms with van der Waals surface area (Å²) in [6.07, 6.45) is 6.01. The second kappa shape index (κ2) is 6.93. The topological polar surface area (TPSA) is 78.9 Å². The molecule has 112 valence electrons. The first-order valence-electron chi connectivity index (χ1n) is 7.28. The van der Waals surface area contributed by atoms with Gasteiger partial charge in [-0.15, -0.1) is 0 Å². The van der Waals surface area contributed by atoms with Crippen molar-refractivity contribution in [3.05, 3.63) is 28.8 Å². The lowest BCUT2D eigenvalue weighted by Gasteiger charge is -2.35. The minimum absolute atomic E-state index is 0.0388. The number of nitrogens with zero attached hydrogens (tertiary/aromatic N) is 1. The molecule has 21 heavy (non-hydrogen) atoms. The zero-order valence-corrected chi connectivity index (χ0v) is 12.7. The summed E-state index contributed by atoms with van der Waals surface area (Å²) in [4.78, 5) is 12.2. The van der Waals surface area contributed by atoms with Crippen molar-refractivity contribution >= 4 is 23.2 Å². The van der Waals surface area contributed by atoms with Gasteiger partial charge in [-0.25, -0.2) is 0 Å². The summed E-state index contributed by atoms with van der Waals surface area (Å²) in [7, 11) is 0. The molecule has 1 amide bonds. The average Bonchev–Trinajstić information content (AvgIpc) is 2.48. The van der Waals surface area contributed by atoms with Crippen molar-refractivity contribution in [3.63, 3.8) is 0 Å². The van der Waals surface area contributed by atoms with Crippen LogP contribution in [0.15, 0.2) is 18.2 Å². The highest BCUT2D eigenvalue weighted by Gasteiger charge is 2.32. The van der Waals surface area contributed by atoms with E-state index in [1.807, 2.05) is 6.07 Å². The van der Waals surface area contributed by atoms with Gasteiger partial charge < -0.3 is 11.1 Å². The first-order valence-corrected chi connectivity index (χ1v) is 7.66. The molecule has 1 fully saturated rings. The molecule has 0 aliphatic heterocycles. The van der Waals surface area contributed by atoms with Crippen molar-refractivity contribution < 1.29 is 4.79 Å². The van der Waals surface area contributed by atoms with E-state index in [0.717, 1.165) is 25.7 Å². The van der Waals surface area contributed by atoms with E-state index in [4.69, 9.17) is 22.6 Å². The molecule has 0 unspecified atom stereocenters. The van der Waals surface area contributed by atoms with Crippen molar-refractivity contribution in [2.24, 2.45) is 11.1 Å². The predicted molar refractivity (Wildman–Crippen MR) is 84.0 cm³/mol. The predicted octanol–water partition coefficient (Wildman–Crippen LogP) is 3.45. The molecule has 0 bridgehead atoms. The molecular weight excluding hydrogens is 286 g/mol. The van der Waals surface area contributed by atoms with Crippen LogP contribution in [-0.4, -0.2) is 12.5 Å². The molecule has 1 saturated carbocycles. The molecule has 1 aromatic carbocycles. The van der Waals surface area contributed by atoms with Crippen LogP contribution in [0.1, 0.15) is 44.1 Å². The normalized spacial score (nSPS) is 17.0. The van der Waals surface area contributed by atoms with Crippen LogP contribution in [0, 0.1) is 16.7 Å². The lowest BCUT2D eigenvalue weighted by atomic mass is 9.71. The Balaban J connectivity index is 2.01. The maximum Gasteiger partial charge on any atom is 0.224 e. The molecule has 0 atom stereocenters. The van der Waals surface area contributed by atoms with E-state index in [0.29, 0.717) is 29.2 Å². The molecule has 4 nitrogen and oxygen atoms in total. The summed E-state index contributed by atoms with van der Waals surface area (Å²) in [5.41, 5.74) is 6.87. The number of nitrogens with one attached hydrogen (secondary N) is 1. The standard InChI is InChI=1S/C16H20ClN3O/c17-14-8-13(5-4-12(14)10-18)20-15(21)9-16(11-19)6-2-1-3-7-16/h4-5,8H,1-3,6-7,9,11,19H2,(H,20,21). The van der Waals surface area contributed by atoms with Gasteiger partial charge in [0.2, 0.25) is 5.91 Å². The van der Waals surface area contributed by atoms with E-state index in [1.54, 1.807) is 18.2 Å². The van der Waals surface area contributed by atoms with E-state index in [2.05, 4.69) is 5.32 Å². The fraction of sp³-hybridized carbons (Fsp3) is 0.500. The average molecular weight is 306 g/mol. The molecule has 0 spiro atoms. The van der Waals surface area contributed by atoms with E-state index in [-0.39, 0.29) is 11.3 Å². The molecule has 0 saturated heterocycles. The molecule has 0 radical (unpaired) electrons. The van der Waals surface area contributed by atoms with Crippen molar-refractivity contribution in [2.45, 2.75) is 38.5 Å². The summed E-state index contributed by atoms with van der Waals surface area (Å²) in [5.74, 6) is -0.0388. The van der Waals surface area contributed by atoms with Crippen LogP contribution in [-0.2, 0) is 4.79 Å². The molecular formula is C16H20ClN3O. The Kier molecular flexibility index (Phi) is 5.22. The van der Waals surface area contributed by atoms with E-state index in [9.17, 15) is 4.79 Å². The second-order valence-electron chi connectivity index (χ2n) is 5.80. The number of nitrogens with two attached hydrogens (primary N) is 1. The summed E-state index contributed by atoms with van der Waals surface area (Å²) in [6.45, 7) is 0.550. The van der Waals surface area contributed by atoms with Crippen LogP contribution in [0.3, 0.4) is 0 Å². The number of nitriles is 1. The Labute approximate surface area is 130 Å². The fourth-order valence-corrected chi connectivity index (χ4v) is 3.21. The van der Waals surface area contributed by atoms with E-state index in [1.165, 1.54) is 6.42 Å². The maximum absolute atomic E-state index is 12.2. The fourth-order valence-electron chi connectivity index (χ4n) is 2.98. The smallest absolute Gasteiger partial charge is 0.224 e. The number of amides is 1. The third-order valence-corrected chi connectivity index (χ3v) is 4.57. The van der Waals surface area contributed by atoms with Crippen molar-refractivity contribution in [1.82, 2.24) is 0 Å². The third-order valence-electron chi connectivity index (χ3n) is 4.26. The maximum atomic E-state index is 12.2. The van der Waals surface area contributed by atoms with Gasteiger partial charge in [-0.1, -0.05) is 30.9 Å². The van der Waals surface area contributed by atoms with Gasteiger partial charge in [-0.05, 0) is 43.0 Å². The highest BCUT2D eigenvalue weighted by molar-refractivity contribution is 6.32. The first kappa shape index (κ1) is 15.8. The largest absolute Gasteiger partial charge is 0.330 e. The van der Waals surface area contributed by atoms with Crippen molar-refractivity contribution in [2.75, 3.05) is 11.9 Å². The number of carbonyl (C=O) groups excluding carboxylic acids is 1. The quantitative estimate of drug-likeness (QED) is 0.894. The number of anilines is 1. The molecule has 2 rings (SSSR count). The van der Waals surface area contributed by atoms with Gasteiger partial charge in [-0.2, -0.15) is 5.26 Å². The monoisotopic (exact) mass is 305 g/mol. The lowest BCUT2D eigenvalue weighted by molar-refractivity contribution is -0.118. The second-order valence-corrected chi connectivity index (χ2v) is 6.20. The van der Waals surface area contributed by atoms with Crippen LogP contribution in [0.5, 0.6) is 0 Å². The van der Waals surface area contributed by atoms with Gasteiger partial charge >= 0.3 is 0 Å². The van der Waals surface area contributed by atoms with Crippen molar-refractivity contribution in [1.29, 1.82) is 5.26 Å². The number of hydrogen-bond acceptors (Lipinski definition) is 3. The van der Waals surface area contributed by atoms with Crippen LogP contribution in [0.4, 0.5) is 5.69 Å². The summed E-state index contributed by atoms with van der Waals surface area (Å²) < 4.78 is 0. The van der Waals surface area contributed by atoms with Gasteiger partial charge in [0.05, 0.1) is 10.6 Å². The van der Waals surface area contributed by atoms with Gasteiger partial charge in [0.25, 0.3) is 0 Å². The van der Waals surface area contributed by atoms with Gasteiger partial charge in [-0.3, -0.25) is 4.79 Å².